The van der Waals surface area contributed by atoms with Crippen molar-refractivity contribution in [2.75, 3.05) is 6.61 Å². The topological polar surface area (TPSA) is 49.8 Å². The summed E-state index contributed by atoms with van der Waals surface area (Å²) in [6.07, 6.45) is 2.59. The van der Waals surface area contributed by atoms with E-state index in [0.717, 1.165) is 12.8 Å². The van der Waals surface area contributed by atoms with Gasteiger partial charge in [0.25, 0.3) is 8.32 Å². The predicted octanol–water partition coefficient (Wildman–Crippen LogP) is 5.64. The molecule has 2 aromatic carbocycles. The van der Waals surface area contributed by atoms with Crippen LogP contribution in [0.4, 0.5) is 4.79 Å². The van der Waals surface area contributed by atoms with Gasteiger partial charge in [0.05, 0.1) is 12.6 Å². The Morgan fingerprint density at radius 1 is 0.969 bits per heavy atom. The molecule has 0 aromatic heterocycles. The second-order valence-electron chi connectivity index (χ2n) is 10.8. The van der Waals surface area contributed by atoms with Gasteiger partial charge in [-0.15, -0.1) is 0 Å². The molecule has 0 bridgehead atoms. The van der Waals surface area contributed by atoms with Crippen molar-refractivity contribution < 1.29 is 14.3 Å². The molecule has 32 heavy (non-hydrogen) atoms. The molecule has 1 atom stereocenters. The van der Waals surface area contributed by atoms with Gasteiger partial charge in [-0.05, 0) is 39.2 Å². The first-order valence-electron chi connectivity index (χ1n) is 11.4. The highest BCUT2D eigenvalue weighted by molar-refractivity contribution is 6.99. The van der Waals surface area contributed by atoms with Crippen LogP contribution in [0.1, 0.15) is 54.4 Å². The number of hydrogen-bond donors (Lipinski definition) is 1. The molecule has 5 heteroatoms. The second-order valence-corrected chi connectivity index (χ2v) is 15.1. The minimum Gasteiger partial charge on any atom is -0.465 e. The molecule has 0 spiro atoms. The van der Waals surface area contributed by atoms with Gasteiger partial charge >= 0.3 is 6.09 Å². The number of hydrogen-bond acceptors (Lipinski definition) is 2. The highest BCUT2D eigenvalue weighted by atomic mass is 28.4. The van der Waals surface area contributed by atoms with Crippen LogP contribution in [0.3, 0.4) is 0 Å². The Labute approximate surface area is 194 Å². The Balaban J connectivity index is 2.02. The van der Waals surface area contributed by atoms with Crippen LogP contribution >= 0.6 is 0 Å². The summed E-state index contributed by atoms with van der Waals surface area (Å²) in [4.78, 5) is 13.6. The molecule has 0 fully saturated rings. The SMILES string of the molecule is CC(C)(C)C1=CN(C(=O)O)C(CO[Si](c2ccccc2)(c2ccccc2)C(C)(C)C)CC1. The van der Waals surface area contributed by atoms with Crippen molar-refractivity contribution in [3.63, 3.8) is 0 Å². The summed E-state index contributed by atoms with van der Waals surface area (Å²) < 4.78 is 7.01. The van der Waals surface area contributed by atoms with E-state index < -0.39 is 14.4 Å². The maximum atomic E-state index is 12.1. The molecule has 1 aliphatic heterocycles. The number of carboxylic acid groups (broad SMARTS) is 1. The lowest BCUT2D eigenvalue weighted by atomic mass is 9.82. The Bertz CT molecular complexity index is 903. The van der Waals surface area contributed by atoms with Gasteiger partial charge in [-0.1, -0.05) is 102 Å². The predicted molar refractivity (Wildman–Crippen MR) is 134 cm³/mol. The van der Waals surface area contributed by atoms with Crippen molar-refractivity contribution in [2.24, 2.45) is 5.41 Å². The average molecular weight is 452 g/mol. The Morgan fingerprint density at radius 2 is 1.47 bits per heavy atom. The number of amides is 1. The number of allylic oxidation sites excluding steroid dienone is 1. The number of rotatable bonds is 5. The Hall–Kier alpha value is -2.37. The van der Waals surface area contributed by atoms with E-state index in [9.17, 15) is 9.90 Å². The first-order valence-corrected chi connectivity index (χ1v) is 13.3. The summed E-state index contributed by atoms with van der Waals surface area (Å²) >= 11 is 0. The van der Waals surface area contributed by atoms with Crippen LogP contribution in [-0.4, -0.2) is 37.1 Å². The zero-order valence-electron chi connectivity index (χ0n) is 20.3. The van der Waals surface area contributed by atoms with Gasteiger partial charge in [-0.25, -0.2) is 4.79 Å². The molecule has 1 unspecified atom stereocenters. The van der Waals surface area contributed by atoms with Crippen molar-refractivity contribution in [1.29, 1.82) is 0 Å². The molecular weight excluding hydrogens is 414 g/mol. The van der Waals surface area contributed by atoms with Crippen LogP contribution in [0.2, 0.25) is 5.04 Å². The van der Waals surface area contributed by atoms with E-state index in [4.69, 9.17) is 4.43 Å². The van der Waals surface area contributed by atoms with Crippen molar-refractivity contribution in [3.8, 4) is 0 Å². The smallest absolute Gasteiger partial charge is 0.411 e. The molecule has 0 aliphatic carbocycles. The highest BCUT2D eigenvalue weighted by Crippen LogP contribution is 2.38. The fraction of sp³-hybridized carbons (Fsp3) is 0.444. The van der Waals surface area contributed by atoms with Gasteiger partial charge in [0.1, 0.15) is 0 Å². The van der Waals surface area contributed by atoms with Crippen LogP contribution in [0.5, 0.6) is 0 Å². The van der Waals surface area contributed by atoms with E-state index in [2.05, 4.69) is 90.1 Å². The molecule has 4 nitrogen and oxygen atoms in total. The first kappa shape index (κ1) is 24.3. The molecule has 1 amide bonds. The van der Waals surface area contributed by atoms with Gasteiger partial charge in [-0.3, -0.25) is 4.90 Å². The summed E-state index contributed by atoms with van der Waals surface area (Å²) in [7, 11) is -2.69. The largest absolute Gasteiger partial charge is 0.465 e. The van der Waals surface area contributed by atoms with E-state index in [1.165, 1.54) is 20.8 Å². The molecule has 0 saturated heterocycles. The maximum Gasteiger partial charge on any atom is 0.411 e. The van der Waals surface area contributed by atoms with Gasteiger partial charge in [0, 0.05) is 6.20 Å². The van der Waals surface area contributed by atoms with Crippen LogP contribution in [0, 0.1) is 5.41 Å². The normalized spacial score (nSPS) is 17.8. The molecule has 1 N–H and O–H groups in total. The van der Waals surface area contributed by atoms with Crippen molar-refractivity contribution in [1.82, 2.24) is 4.90 Å². The van der Waals surface area contributed by atoms with Crippen LogP contribution in [0.25, 0.3) is 0 Å². The van der Waals surface area contributed by atoms with E-state index in [1.54, 1.807) is 0 Å². The molecule has 0 radical (unpaired) electrons. The third-order valence-electron chi connectivity index (χ3n) is 6.53. The summed E-state index contributed by atoms with van der Waals surface area (Å²) in [5.41, 5.74) is 1.12. The maximum absolute atomic E-state index is 12.1. The summed E-state index contributed by atoms with van der Waals surface area (Å²) in [6, 6.07) is 20.8. The summed E-state index contributed by atoms with van der Waals surface area (Å²) in [6.45, 7) is 13.5. The molecular formula is C27H37NO3Si. The lowest BCUT2D eigenvalue weighted by molar-refractivity contribution is 0.116. The Kier molecular flexibility index (Phi) is 7.01. The lowest BCUT2D eigenvalue weighted by Crippen LogP contribution is -2.67. The fourth-order valence-electron chi connectivity index (χ4n) is 4.73. The molecule has 1 heterocycles. The monoisotopic (exact) mass is 451 g/mol. The van der Waals surface area contributed by atoms with E-state index >= 15 is 0 Å². The van der Waals surface area contributed by atoms with Crippen LogP contribution in [0.15, 0.2) is 72.4 Å². The van der Waals surface area contributed by atoms with Gasteiger partial charge in [-0.2, -0.15) is 0 Å². The third-order valence-corrected chi connectivity index (χ3v) is 11.5. The minimum atomic E-state index is -2.69. The average Bonchev–Trinajstić information content (AvgIpc) is 2.74. The number of nitrogens with zero attached hydrogens (tertiary/aromatic N) is 1. The van der Waals surface area contributed by atoms with E-state index in [0.29, 0.717) is 6.61 Å². The van der Waals surface area contributed by atoms with Crippen molar-refractivity contribution in [3.05, 3.63) is 72.4 Å². The van der Waals surface area contributed by atoms with Crippen LogP contribution < -0.4 is 10.4 Å². The molecule has 1 aliphatic rings. The fourth-order valence-corrected chi connectivity index (χ4v) is 9.32. The molecule has 3 rings (SSSR count). The van der Waals surface area contributed by atoms with Gasteiger partial charge in [0.2, 0.25) is 0 Å². The molecule has 172 valence electrons. The molecule has 2 aromatic rings. The summed E-state index contributed by atoms with van der Waals surface area (Å²) in [5.74, 6) is 0. The standard InChI is InChI=1S/C27H37NO3Si/c1-26(2,3)21-17-18-22(28(19-21)25(29)30)20-31-32(27(4,5)6,23-13-9-7-10-14-23)24-15-11-8-12-16-24/h7-16,19,22H,17-18,20H2,1-6H3,(H,29,30). The highest BCUT2D eigenvalue weighted by Gasteiger charge is 2.50. The van der Waals surface area contributed by atoms with E-state index in [1.807, 2.05) is 18.3 Å². The van der Waals surface area contributed by atoms with Crippen molar-refractivity contribution >= 4 is 24.8 Å². The van der Waals surface area contributed by atoms with Crippen molar-refractivity contribution in [2.45, 2.75) is 65.5 Å². The number of carbonyl (C=O) groups is 1. The minimum absolute atomic E-state index is 0.0441. The summed E-state index contributed by atoms with van der Waals surface area (Å²) in [5, 5.41) is 12.2. The lowest BCUT2D eigenvalue weighted by Gasteiger charge is -2.45. The van der Waals surface area contributed by atoms with E-state index in [-0.39, 0.29) is 16.5 Å². The third kappa shape index (κ3) is 4.84. The zero-order valence-corrected chi connectivity index (χ0v) is 21.3. The van der Waals surface area contributed by atoms with Gasteiger partial charge < -0.3 is 9.53 Å². The first-order chi connectivity index (χ1) is 15.0. The zero-order chi connectivity index (χ0) is 23.6. The Morgan fingerprint density at radius 3 is 1.88 bits per heavy atom. The number of benzene rings is 2. The van der Waals surface area contributed by atoms with Crippen LogP contribution in [-0.2, 0) is 4.43 Å². The quantitative estimate of drug-likeness (QED) is 0.599. The molecule has 0 saturated carbocycles. The van der Waals surface area contributed by atoms with Gasteiger partial charge in [0.15, 0.2) is 0 Å². The second kappa shape index (κ2) is 9.24.